The van der Waals surface area contributed by atoms with Crippen LogP contribution in [-0.4, -0.2) is 47.3 Å². The Labute approximate surface area is 142 Å². The number of amides is 2. The summed E-state index contributed by atoms with van der Waals surface area (Å²) < 4.78 is 5.86. The van der Waals surface area contributed by atoms with Crippen LogP contribution in [0.2, 0.25) is 0 Å². The number of urea groups is 1. The van der Waals surface area contributed by atoms with Gasteiger partial charge in [-0.15, -0.1) is 0 Å². The monoisotopic (exact) mass is 334 g/mol. The highest BCUT2D eigenvalue weighted by Crippen LogP contribution is 2.26. The average Bonchev–Trinajstić information content (AvgIpc) is 2.59. The largest absolute Gasteiger partial charge is 0.479 e. The number of morpholine rings is 1. The SMILES string of the molecule is CCC1(CC)CN(C(=O)N[C@H](C(=O)O)c2cccc(C)c2)CCO1. The lowest BCUT2D eigenvalue weighted by molar-refractivity contribution is -0.139. The van der Waals surface area contributed by atoms with Crippen molar-refractivity contribution in [1.29, 1.82) is 0 Å². The lowest BCUT2D eigenvalue weighted by Gasteiger charge is -2.42. The van der Waals surface area contributed by atoms with Crippen LogP contribution >= 0.6 is 0 Å². The van der Waals surface area contributed by atoms with E-state index in [-0.39, 0.29) is 11.6 Å². The standard InChI is InChI=1S/C18H26N2O4/c1-4-18(5-2)12-20(9-10-24-18)17(23)19-15(16(21)22)14-8-6-7-13(3)11-14/h6-8,11,15H,4-5,9-10,12H2,1-3H3,(H,19,23)(H,21,22)/t15-/m0/s1. The van der Waals surface area contributed by atoms with Gasteiger partial charge in [0.05, 0.1) is 18.8 Å². The Morgan fingerprint density at radius 2 is 2.08 bits per heavy atom. The van der Waals surface area contributed by atoms with Gasteiger partial charge in [-0.3, -0.25) is 0 Å². The summed E-state index contributed by atoms with van der Waals surface area (Å²) >= 11 is 0. The summed E-state index contributed by atoms with van der Waals surface area (Å²) in [6.45, 7) is 7.38. The normalized spacial score (nSPS) is 18.0. The van der Waals surface area contributed by atoms with E-state index in [1.807, 2.05) is 26.8 Å². The maximum Gasteiger partial charge on any atom is 0.330 e. The number of carbonyl (C=O) groups is 2. The van der Waals surface area contributed by atoms with E-state index in [0.717, 1.165) is 18.4 Å². The molecule has 0 aromatic heterocycles. The third-order valence-electron chi connectivity index (χ3n) is 4.71. The number of carboxylic acid groups (broad SMARTS) is 1. The number of nitrogens with one attached hydrogen (secondary N) is 1. The van der Waals surface area contributed by atoms with Crippen LogP contribution in [0.3, 0.4) is 0 Å². The number of hydrogen-bond acceptors (Lipinski definition) is 3. The molecule has 1 atom stereocenters. The van der Waals surface area contributed by atoms with Crippen LogP contribution in [0.5, 0.6) is 0 Å². The van der Waals surface area contributed by atoms with Gasteiger partial charge in [-0.05, 0) is 25.3 Å². The van der Waals surface area contributed by atoms with Gasteiger partial charge in [-0.25, -0.2) is 9.59 Å². The first-order valence-corrected chi connectivity index (χ1v) is 8.39. The molecule has 0 radical (unpaired) electrons. The molecule has 2 amide bonds. The van der Waals surface area contributed by atoms with E-state index in [9.17, 15) is 14.7 Å². The Bertz CT molecular complexity index is 598. The average molecular weight is 334 g/mol. The first kappa shape index (κ1) is 18.3. The number of nitrogens with zero attached hydrogens (tertiary/aromatic N) is 1. The molecule has 2 N–H and O–H groups in total. The molecular weight excluding hydrogens is 308 g/mol. The molecule has 6 heteroatoms. The van der Waals surface area contributed by atoms with Gasteiger partial charge >= 0.3 is 12.0 Å². The van der Waals surface area contributed by atoms with E-state index in [1.54, 1.807) is 23.1 Å². The summed E-state index contributed by atoms with van der Waals surface area (Å²) in [6.07, 6.45) is 1.63. The van der Waals surface area contributed by atoms with Crippen LogP contribution in [0.25, 0.3) is 0 Å². The molecule has 132 valence electrons. The van der Waals surface area contributed by atoms with Crippen molar-refractivity contribution in [1.82, 2.24) is 10.2 Å². The molecule has 0 spiro atoms. The summed E-state index contributed by atoms with van der Waals surface area (Å²) in [6, 6.07) is 5.76. The van der Waals surface area contributed by atoms with E-state index < -0.39 is 12.0 Å². The fraction of sp³-hybridized carbons (Fsp3) is 0.556. The number of aryl methyl sites for hydroxylation is 1. The highest BCUT2D eigenvalue weighted by atomic mass is 16.5. The molecular formula is C18H26N2O4. The Kier molecular flexibility index (Phi) is 5.83. The molecule has 0 bridgehead atoms. The van der Waals surface area contributed by atoms with Gasteiger partial charge < -0.3 is 20.1 Å². The molecule has 1 aliphatic heterocycles. The molecule has 0 unspecified atom stereocenters. The molecule has 1 aliphatic rings. The van der Waals surface area contributed by atoms with Gasteiger partial charge in [0, 0.05) is 6.54 Å². The maximum atomic E-state index is 12.6. The van der Waals surface area contributed by atoms with Gasteiger partial charge in [-0.2, -0.15) is 0 Å². The number of ether oxygens (including phenoxy) is 1. The maximum absolute atomic E-state index is 12.6. The summed E-state index contributed by atoms with van der Waals surface area (Å²) in [5.41, 5.74) is 1.19. The topological polar surface area (TPSA) is 78.9 Å². The smallest absolute Gasteiger partial charge is 0.330 e. The second-order valence-corrected chi connectivity index (χ2v) is 6.30. The highest BCUT2D eigenvalue weighted by Gasteiger charge is 2.36. The molecule has 1 fully saturated rings. The van der Waals surface area contributed by atoms with Crippen molar-refractivity contribution in [3.8, 4) is 0 Å². The van der Waals surface area contributed by atoms with Gasteiger partial charge in [0.15, 0.2) is 6.04 Å². The molecule has 1 aromatic rings. The number of aliphatic carboxylic acids is 1. The Morgan fingerprint density at radius 3 is 2.67 bits per heavy atom. The van der Waals surface area contributed by atoms with Crippen molar-refractivity contribution < 1.29 is 19.4 Å². The highest BCUT2D eigenvalue weighted by molar-refractivity contribution is 5.83. The summed E-state index contributed by atoms with van der Waals surface area (Å²) in [5.74, 6) is -1.07. The van der Waals surface area contributed by atoms with Crippen LogP contribution in [0.4, 0.5) is 4.79 Å². The van der Waals surface area contributed by atoms with Crippen molar-refractivity contribution >= 4 is 12.0 Å². The third-order valence-corrected chi connectivity index (χ3v) is 4.71. The van der Waals surface area contributed by atoms with Crippen molar-refractivity contribution in [2.45, 2.75) is 45.3 Å². The summed E-state index contributed by atoms with van der Waals surface area (Å²) in [5, 5.41) is 12.1. The van der Waals surface area contributed by atoms with Gasteiger partial charge in [0.2, 0.25) is 0 Å². The first-order valence-electron chi connectivity index (χ1n) is 8.39. The predicted octanol–water partition coefficient (Wildman–Crippen LogP) is 2.72. The van der Waals surface area contributed by atoms with E-state index in [0.29, 0.717) is 25.3 Å². The quantitative estimate of drug-likeness (QED) is 0.868. The molecule has 2 rings (SSSR count). The van der Waals surface area contributed by atoms with E-state index in [1.165, 1.54) is 0 Å². The van der Waals surface area contributed by atoms with Gasteiger partial charge in [0.25, 0.3) is 0 Å². The van der Waals surface area contributed by atoms with Crippen molar-refractivity contribution in [2.24, 2.45) is 0 Å². The second kappa shape index (κ2) is 7.66. The lowest BCUT2D eigenvalue weighted by Crippen LogP contribution is -2.56. The first-order chi connectivity index (χ1) is 11.4. The van der Waals surface area contributed by atoms with Crippen molar-refractivity contribution in [3.63, 3.8) is 0 Å². The van der Waals surface area contributed by atoms with Crippen molar-refractivity contribution in [2.75, 3.05) is 19.7 Å². The second-order valence-electron chi connectivity index (χ2n) is 6.30. The molecule has 1 heterocycles. The number of hydrogen-bond donors (Lipinski definition) is 2. The molecule has 6 nitrogen and oxygen atoms in total. The number of carbonyl (C=O) groups excluding carboxylic acids is 1. The molecule has 1 saturated heterocycles. The van der Waals surface area contributed by atoms with Crippen molar-refractivity contribution in [3.05, 3.63) is 35.4 Å². The fourth-order valence-corrected chi connectivity index (χ4v) is 3.05. The lowest BCUT2D eigenvalue weighted by atomic mass is 9.95. The van der Waals surface area contributed by atoms with E-state index >= 15 is 0 Å². The summed E-state index contributed by atoms with van der Waals surface area (Å²) in [7, 11) is 0. The van der Waals surface area contributed by atoms with Crippen LogP contribution in [0, 0.1) is 6.92 Å². The Hall–Kier alpha value is -2.08. The minimum Gasteiger partial charge on any atom is -0.479 e. The predicted molar refractivity (Wildman–Crippen MR) is 90.9 cm³/mol. The minimum absolute atomic E-state index is 0.336. The zero-order valence-corrected chi connectivity index (χ0v) is 14.5. The van der Waals surface area contributed by atoms with Crippen LogP contribution in [-0.2, 0) is 9.53 Å². The fourth-order valence-electron chi connectivity index (χ4n) is 3.05. The van der Waals surface area contributed by atoms with Crippen LogP contribution in [0.1, 0.15) is 43.9 Å². The third kappa shape index (κ3) is 4.06. The zero-order chi connectivity index (χ0) is 17.7. The number of benzene rings is 1. The minimum atomic E-state index is -1.07. The van der Waals surface area contributed by atoms with Crippen LogP contribution < -0.4 is 5.32 Å². The Balaban J connectivity index is 2.12. The molecule has 0 aliphatic carbocycles. The molecule has 0 saturated carbocycles. The van der Waals surface area contributed by atoms with E-state index in [4.69, 9.17) is 4.74 Å². The van der Waals surface area contributed by atoms with Gasteiger partial charge in [-0.1, -0.05) is 43.7 Å². The number of carboxylic acids is 1. The van der Waals surface area contributed by atoms with Crippen LogP contribution in [0.15, 0.2) is 24.3 Å². The molecule has 1 aromatic carbocycles. The number of rotatable bonds is 5. The molecule has 24 heavy (non-hydrogen) atoms. The zero-order valence-electron chi connectivity index (χ0n) is 14.5. The van der Waals surface area contributed by atoms with E-state index in [2.05, 4.69) is 5.32 Å². The summed E-state index contributed by atoms with van der Waals surface area (Å²) in [4.78, 5) is 25.9. The van der Waals surface area contributed by atoms with Gasteiger partial charge in [0.1, 0.15) is 0 Å². The Morgan fingerprint density at radius 1 is 1.38 bits per heavy atom.